The predicted molar refractivity (Wildman–Crippen MR) is 103 cm³/mol. The van der Waals surface area contributed by atoms with Crippen molar-refractivity contribution in [1.82, 2.24) is 9.78 Å². The minimum Gasteiger partial charge on any atom is -0.319 e. The SMILES string of the molecule is CS(=O)(=O)Nc1ccccc1NC(=O)c1ccc(=O)n(-c2ccc(F)cc2)n1. The van der Waals surface area contributed by atoms with Crippen molar-refractivity contribution in [3.05, 3.63) is 82.5 Å². The molecule has 1 aromatic heterocycles. The Morgan fingerprint density at radius 1 is 1.00 bits per heavy atom. The number of anilines is 2. The van der Waals surface area contributed by atoms with Crippen LogP contribution in [0.4, 0.5) is 15.8 Å². The maximum absolute atomic E-state index is 13.1. The molecule has 3 rings (SSSR count). The summed E-state index contributed by atoms with van der Waals surface area (Å²) >= 11 is 0. The molecular weight excluding hydrogens is 387 g/mol. The number of rotatable bonds is 5. The lowest BCUT2D eigenvalue weighted by Crippen LogP contribution is -2.25. The number of aromatic nitrogens is 2. The first-order valence-electron chi connectivity index (χ1n) is 7.97. The number of hydrogen-bond donors (Lipinski definition) is 2. The highest BCUT2D eigenvalue weighted by molar-refractivity contribution is 7.92. The van der Waals surface area contributed by atoms with Crippen LogP contribution >= 0.6 is 0 Å². The topological polar surface area (TPSA) is 110 Å². The van der Waals surface area contributed by atoms with Gasteiger partial charge in [0.1, 0.15) is 11.5 Å². The van der Waals surface area contributed by atoms with Gasteiger partial charge in [0.2, 0.25) is 10.0 Å². The van der Waals surface area contributed by atoms with E-state index in [4.69, 9.17) is 0 Å². The summed E-state index contributed by atoms with van der Waals surface area (Å²) < 4.78 is 39.3. The molecule has 0 aliphatic heterocycles. The zero-order valence-electron chi connectivity index (χ0n) is 14.6. The van der Waals surface area contributed by atoms with Gasteiger partial charge in [0.25, 0.3) is 11.5 Å². The van der Waals surface area contributed by atoms with Gasteiger partial charge >= 0.3 is 0 Å². The second-order valence-electron chi connectivity index (χ2n) is 5.82. The van der Waals surface area contributed by atoms with Gasteiger partial charge < -0.3 is 5.32 Å². The Morgan fingerprint density at radius 3 is 2.29 bits per heavy atom. The first-order chi connectivity index (χ1) is 13.2. The Hall–Kier alpha value is -3.53. The average Bonchev–Trinajstić information content (AvgIpc) is 2.63. The van der Waals surface area contributed by atoms with E-state index in [-0.39, 0.29) is 17.1 Å². The van der Waals surface area contributed by atoms with Gasteiger partial charge in [-0.3, -0.25) is 14.3 Å². The van der Waals surface area contributed by atoms with Crippen LogP contribution < -0.4 is 15.6 Å². The highest BCUT2D eigenvalue weighted by Crippen LogP contribution is 2.22. The van der Waals surface area contributed by atoms with Gasteiger partial charge in [-0.15, -0.1) is 0 Å². The number of halogens is 1. The molecule has 0 unspecified atom stereocenters. The van der Waals surface area contributed by atoms with Crippen LogP contribution in [0.25, 0.3) is 5.69 Å². The fourth-order valence-corrected chi connectivity index (χ4v) is 2.94. The van der Waals surface area contributed by atoms with Crippen molar-refractivity contribution in [1.29, 1.82) is 0 Å². The third-order valence-corrected chi connectivity index (χ3v) is 4.17. The van der Waals surface area contributed by atoms with Crippen molar-refractivity contribution >= 4 is 27.3 Å². The Morgan fingerprint density at radius 2 is 1.64 bits per heavy atom. The standard InChI is InChI=1S/C18H15FN4O4S/c1-28(26,27)22-15-5-3-2-4-14(15)20-18(25)16-10-11-17(24)23(21-16)13-8-6-12(19)7-9-13/h2-11,22H,1H3,(H,20,25). The Balaban J connectivity index is 1.91. The number of nitrogens with zero attached hydrogens (tertiary/aromatic N) is 2. The smallest absolute Gasteiger partial charge is 0.276 e. The molecule has 144 valence electrons. The summed E-state index contributed by atoms with van der Waals surface area (Å²) in [6, 6.07) is 13.7. The number of hydrogen-bond acceptors (Lipinski definition) is 5. The Kier molecular flexibility index (Phi) is 5.23. The van der Waals surface area contributed by atoms with Crippen molar-refractivity contribution in [2.24, 2.45) is 0 Å². The third-order valence-electron chi connectivity index (χ3n) is 3.57. The van der Waals surface area contributed by atoms with Gasteiger partial charge in [-0.25, -0.2) is 12.8 Å². The van der Waals surface area contributed by atoms with Crippen LogP contribution in [0.1, 0.15) is 10.5 Å². The van der Waals surface area contributed by atoms with Crippen molar-refractivity contribution in [3.8, 4) is 5.69 Å². The molecule has 1 amide bonds. The minimum atomic E-state index is -3.54. The summed E-state index contributed by atoms with van der Waals surface area (Å²) in [5.41, 5.74) is 0.116. The molecule has 2 N–H and O–H groups in total. The minimum absolute atomic E-state index is 0.0851. The first-order valence-corrected chi connectivity index (χ1v) is 9.86. The highest BCUT2D eigenvalue weighted by atomic mass is 32.2. The molecule has 28 heavy (non-hydrogen) atoms. The van der Waals surface area contributed by atoms with Gasteiger partial charge in [-0.1, -0.05) is 12.1 Å². The Labute approximate surface area is 159 Å². The molecule has 0 bridgehead atoms. The fraction of sp³-hybridized carbons (Fsp3) is 0.0556. The summed E-state index contributed by atoms with van der Waals surface area (Å²) in [5, 5.41) is 6.56. The molecule has 0 saturated carbocycles. The van der Waals surface area contributed by atoms with Gasteiger partial charge in [-0.05, 0) is 42.5 Å². The lowest BCUT2D eigenvalue weighted by Gasteiger charge is -2.12. The zero-order chi connectivity index (χ0) is 20.3. The van der Waals surface area contributed by atoms with E-state index in [2.05, 4.69) is 15.1 Å². The van der Waals surface area contributed by atoms with Crippen molar-refractivity contribution in [3.63, 3.8) is 0 Å². The van der Waals surface area contributed by atoms with Crippen LogP contribution in [0.5, 0.6) is 0 Å². The van der Waals surface area contributed by atoms with Gasteiger partial charge in [0, 0.05) is 6.07 Å². The molecular formula is C18H15FN4O4S. The number of carbonyl (C=O) groups excluding carboxylic acids is 1. The summed E-state index contributed by atoms with van der Waals surface area (Å²) in [5.74, 6) is -1.13. The fourth-order valence-electron chi connectivity index (χ4n) is 2.37. The van der Waals surface area contributed by atoms with Crippen LogP contribution in [0.2, 0.25) is 0 Å². The van der Waals surface area contributed by atoms with Crippen LogP contribution in [0.15, 0.2) is 65.5 Å². The van der Waals surface area contributed by atoms with Gasteiger partial charge in [-0.2, -0.15) is 9.78 Å². The van der Waals surface area contributed by atoms with E-state index < -0.39 is 27.3 Å². The maximum Gasteiger partial charge on any atom is 0.276 e. The number of amides is 1. The first kappa shape index (κ1) is 19.2. The van der Waals surface area contributed by atoms with E-state index in [1.165, 1.54) is 42.5 Å². The van der Waals surface area contributed by atoms with E-state index in [0.717, 1.165) is 17.0 Å². The highest BCUT2D eigenvalue weighted by Gasteiger charge is 2.14. The largest absolute Gasteiger partial charge is 0.319 e. The molecule has 0 saturated heterocycles. The van der Waals surface area contributed by atoms with Crippen LogP contribution in [0, 0.1) is 5.82 Å². The monoisotopic (exact) mass is 402 g/mol. The second-order valence-corrected chi connectivity index (χ2v) is 7.57. The molecule has 0 spiro atoms. The predicted octanol–water partition coefficient (Wildman–Crippen LogP) is 2.00. The van der Waals surface area contributed by atoms with E-state index in [0.29, 0.717) is 5.69 Å². The summed E-state index contributed by atoms with van der Waals surface area (Å²) in [7, 11) is -3.54. The van der Waals surface area contributed by atoms with Crippen molar-refractivity contribution < 1.29 is 17.6 Å². The van der Waals surface area contributed by atoms with Crippen molar-refractivity contribution in [2.75, 3.05) is 16.3 Å². The van der Waals surface area contributed by atoms with Crippen LogP contribution in [0.3, 0.4) is 0 Å². The van der Waals surface area contributed by atoms with Crippen LogP contribution in [-0.4, -0.2) is 30.4 Å². The molecule has 0 fully saturated rings. The number of nitrogens with one attached hydrogen (secondary N) is 2. The normalized spacial score (nSPS) is 11.1. The average molecular weight is 402 g/mol. The lowest BCUT2D eigenvalue weighted by molar-refractivity contribution is 0.102. The van der Waals surface area contributed by atoms with E-state index in [1.54, 1.807) is 12.1 Å². The van der Waals surface area contributed by atoms with E-state index in [1.807, 2.05) is 0 Å². The van der Waals surface area contributed by atoms with Crippen LogP contribution in [-0.2, 0) is 10.0 Å². The number of sulfonamides is 1. The number of carbonyl (C=O) groups is 1. The second kappa shape index (κ2) is 7.61. The molecule has 0 aliphatic carbocycles. The quantitative estimate of drug-likeness (QED) is 0.678. The maximum atomic E-state index is 13.1. The van der Waals surface area contributed by atoms with Gasteiger partial charge in [0.05, 0.1) is 23.3 Å². The van der Waals surface area contributed by atoms with Gasteiger partial charge in [0.15, 0.2) is 0 Å². The summed E-state index contributed by atoms with van der Waals surface area (Å²) in [4.78, 5) is 24.6. The third kappa shape index (κ3) is 4.60. The molecule has 3 aromatic rings. The summed E-state index contributed by atoms with van der Waals surface area (Å²) in [6.07, 6.45) is 0.992. The van der Waals surface area contributed by atoms with Crippen molar-refractivity contribution in [2.45, 2.75) is 0 Å². The molecule has 0 radical (unpaired) electrons. The van der Waals surface area contributed by atoms with E-state index in [9.17, 15) is 22.4 Å². The molecule has 1 heterocycles. The number of para-hydroxylation sites is 2. The van der Waals surface area contributed by atoms with E-state index >= 15 is 0 Å². The molecule has 0 atom stereocenters. The number of benzene rings is 2. The summed E-state index contributed by atoms with van der Waals surface area (Å²) in [6.45, 7) is 0. The zero-order valence-corrected chi connectivity index (χ0v) is 15.4. The Bertz CT molecular complexity index is 1190. The molecule has 10 heteroatoms. The molecule has 2 aromatic carbocycles. The molecule has 0 aliphatic rings. The lowest BCUT2D eigenvalue weighted by atomic mass is 10.2. The molecule has 8 nitrogen and oxygen atoms in total.